The van der Waals surface area contributed by atoms with Crippen molar-refractivity contribution in [1.82, 2.24) is 15.3 Å². The lowest BCUT2D eigenvalue weighted by molar-refractivity contribution is -0.146. The van der Waals surface area contributed by atoms with Crippen molar-refractivity contribution in [2.75, 3.05) is 19.0 Å². The molecule has 0 spiro atoms. The van der Waals surface area contributed by atoms with E-state index in [2.05, 4.69) is 20.6 Å². The Balaban J connectivity index is 1.49. The topological polar surface area (TPSA) is 110 Å². The van der Waals surface area contributed by atoms with Crippen molar-refractivity contribution in [2.45, 2.75) is 6.42 Å². The van der Waals surface area contributed by atoms with E-state index in [1.165, 1.54) is 24.5 Å². The number of hydrogen-bond donors (Lipinski definition) is 2. The molecule has 0 radical (unpaired) electrons. The predicted molar refractivity (Wildman–Crippen MR) is 108 cm³/mol. The number of pyridine rings is 1. The standard InChI is InChI=1S/C20H18N4O4S/c1-21-19(27)13-4-2-6-15(8-13)23-17(25)11-28-18(26)9-16-12-29-20(24-16)14-5-3-7-22-10-14/h2-8,10,12H,9,11H2,1H3,(H,21,27)(H,23,25). The van der Waals surface area contributed by atoms with Gasteiger partial charge in [0.15, 0.2) is 6.61 Å². The fourth-order valence-corrected chi connectivity index (χ4v) is 3.25. The van der Waals surface area contributed by atoms with Crippen molar-refractivity contribution in [1.29, 1.82) is 0 Å². The fraction of sp³-hybridized carbons (Fsp3) is 0.150. The zero-order valence-corrected chi connectivity index (χ0v) is 16.4. The molecule has 0 aliphatic heterocycles. The summed E-state index contributed by atoms with van der Waals surface area (Å²) in [6, 6.07) is 10.1. The highest BCUT2D eigenvalue weighted by Gasteiger charge is 2.13. The number of nitrogens with one attached hydrogen (secondary N) is 2. The van der Waals surface area contributed by atoms with Crippen LogP contribution in [0.4, 0.5) is 5.69 Å². The monoisotopic (exact) mass is 410 g/mol. The van der Waals surface area contributed by atoms with E-state index >= 15 is 0 Å². The van der Waals surface area contributed by atoms with Crippen LogP contribution < -0.4 is 10.6 Å². The molecule has 0 saturated carbocycles. The summed E-state index contributed by atoms with van der Waals surface area (Å²) in [6.07, 6.45) is 3.34. The van der Waals surface area contributed by atoms with Crippen LogP contribution in [-0.4, -0.2) is 41.4 Å². The lowest BCUT2D eigenvalue weighted by atomic mass is 10.2. The van der Waals surface area contributed by atoms with Crippen molar-refractivity contribution in [3.8, 4) is 10.6 Å². The number of hydrogen-bond acceptors (Lipinski definition) is 7. The van der Waals surface area contributed by atoms with Crippen molar-refractivity contribution < 1.29 is 19.1 Å². The quantitative estimate of drug-likeness (QED) is 0.578. The summed E-state index contributed by atoms with van der Waals surface area (Å²) in [6.45, 7) is -0.428. The molecule has 148 valence electrons. The zero-order valence-electron chi connectivity index (χ0n) is 15.5. The Morgan fingerprint density at radius 1 is 1.17 bits per heavy atom. The van der Waals surface area contributed by atoms with Crippen LogP contribution in [0.2, 0.25) is 0 Å². The predicted octanol–water partition coefficient (Wildman–Crippen LogP) is 2.29. The molecule has 0 saturated heterocycles. The molecule has 8 nitrogen and oxygen atoms in total. The van der Waals surface area contributed by atoms with Crippen molar-refractivity contribution >= 4 is 34.8 Å². The molecule has 2 N–H and O–H groups in total. The first kappa shape index (κ1) is 20.2. The third-order valence-electron chi connectivity index (χ3n) is 3.79. The van der Waals surface area contributed by atoms with Crippen LogP contribution in [0.3, 0.4) is 0 Å². The van der Waals surface area contributed by atoms with E-state index in [1.54, 1.807) is 36.0 Å². The Morgan fingerprint density at radius 2 is 2.03 bits per heavy atom. The minimum absolute atomic E-state index is 0.0315. The van der Waals surface area contributed by atoms with Crippen LogP contribution in [-0.2, 0) is 20.7 Å². The molecule has 29 heavy (non-hydrogen) atoms. The van der Waals surface area contributed by atoms with Gasteiger partial charge >= 0.3 is 5.97 Å². The maximum absolute atomic E-state index is 12.0. The Bertz CT molecular complexity index is 1020. The molecule has 0 fully saturated rings. The minimum Gasteiger partial charge on any atom is -0.455 e. The molecule has 9 heteroatoms. The SMILES string of the molecule is CNC(=O)c1cccc(NC(=O)COC(=O)Cc2csc(-c3cccnc3)n2)c1. The minimum atomic E-state index is -0.553. The first-order chi connectivity index (χ1) is 14.0. The van der Waals surface area contributed by atoms with E-state index in [0.29, 0.717) is 16.9 Å². The van der Waals surface area contributed by atoms with Crippen LogP contribution in [0.5, 0.6) is 0 Å². The Morgan fingerprint density at radius 3 is 2.79 bits per heavy atom. The number of nitrogens with zero attached hydrogens (tertiary/aromatic N) is 2. The molecule has 0 aliphatic rings. The molecule has 2 aromatic heterocycles. The number of esters is 1. The average molecular weight is 410 g/mol. The number of benzene rings is 1. The lowest BCUT2D eigenvalue weighted by Crippen LogP contribution is -2.22. The van der Waals surface area contributed by atoms with E-state index in [9.17, 15) is 14.4 Å². The van der Waals surface area contributed by atoms with Gasteiger partial charge in [-0.3, -0.25) is 19.4 Å². The number of thiazole rings is 1. The maximum Gasteiger partial charge on any atom is 0.312 e. The normalized spacial score (nSPS) is 10.2. The van der Waals surface area contributed by atoms with Gasteiger partial charge in [0.2, 0.25) is 0 Å². The third kappa shape index (κ3) is 5.69. The van der Waals surface area contributed by atoms with Gasteiger partial charge in [-0.05, 0) is 30.3 Å². The first-order valence-electron chi connectivity index (χ1n) is 8.67. The molecule has 2 heterocycles. The van der Waals surface area contributed by atoms with Gasteiger partial charge in [-0.25, -0.2) is 4.98 Å². The highest BCUT2D eigenvalue weighted by Crippen LogP contribution is 2.22. The molecule has 2 amide bonds. The van der Waals surface area contributed by atoms with Gasteiger partial charge < -0.3 is 15.4 Å². The van der Waals surface area contributed by atoms with Gasteiger partial charge in [0.05, 0.1) is 12.1 Å². The molecular formula is C20H18N4O4S. The zero-order chi connectivity index (χ0) is 20.6. The summed E-state index contributed by atoms with van der Waals surface area (Å²) in [5, 5.41) is 7.63. The van der Waals surface area contributed by atoms with Crippen molar-refractivity contribution in [2.24, 2.45) is 0 Å². The van der Waals surface area contributed by atoms with Crippen LogP contribution >= 0.6 is 11.3 Å². The van der Waals surface area contributed by atoms with Gasteiger partial charge in [0.25, 0.3) is 11.8 Å². The molecule has 1 aromatic carbocycles. The van der Waals surface area contributed by atoms with Crippen LogP contribution in [0, 0.1) is 0 Å². The summed E-state index contributed by atoms with van der Waals surface area (Å²) in [5.41, 5.74) is 2.29. The van der Waals surface area contributed by atoms with Gasteiger partial charge in [-0.15, -0.1) is 11.3 Å². The van der Waals surface area contributed by atoms with Crippen LogP contribution in [0.25, 0.3) is 10.6 Å². The number of aromatic nitrogens is 2. The molecule has 3 aromatic rings. The summed E-state index contributed by atoms with van der Waals surface area (Å²) in [5.74, 6) is -1.31. The number of rotatable bonds is 7. The van der Waals surface area contributed by atoms with Gasteiger partial charge in [-0.1, -0.05) is 6.07 Å². The van der Waals surface area contributed by atoms with E-state index in [-0.39, 0.29) is 12.3 Å². The number of ether oxygens (including phenoxy) is 1. The Hall–Kier alpha value is -3.59. The summed E-state index contributed by atoms with van der Waals surface area (Å²) >= 11 is 1.41. The van der Waals surface area contributed by atoms with E-state index in [0.717, 1.165) is 10.6 Å². The van der Waals surface area contributed by atoms with E-state index in [4.69, 9.17) is 4.74 Å². The largest absolute Gasteiger partial charge is 0.455 e. The van der Waals surface area contributed by atoms with Gasteiger partial charge in [-0.2, -0.15) is 0 Å². The second-order valence-electron chi connectivity index (χ2n) is 5.93. The maximum atomic E-state index is 12.0. The van der Waals surface area contributed by atoms with Crippen molar-refractivity contribution in [3.63, 3.8) is 0 Å². The second kappa shape index (κ2) is 9.56. The summed E-state index contributed by atoms with van der Waals surface area (Å²) in [7, 11) is 1.52. The molecule has 0 aliphatic carbocycles. The molecule has 0 bridgehead atoms. The van der Waals surface area contributed by atoms with Crippen LogP contribution in [0.15, 0.2) is 54.2 Å². The third-order valence-corrected chi connectivity index (χ3v) is 4.73. The molecule has 0 unspecified atom stereocenters. The van der Waals surface area contributed by atoms with Crippen molar-refractivity contribution in [3.05, 3.63) is 65.4 Å². The lowest BCUT2D eigenvalue weighted by Gasteiger charge is -2.07. The smallest absolute Gasteiger partial charge is 0.312 e. The fourth-order valence-electron chi connectivity index (χ4n) is 2.43. The highest BCUT2D eigenvalue weighted by molar-refractivity contribution is 7.13. The first-order valence-corrected chi connectivity index (χ1v) is 9.55. The van der Waals surface area contributed by atoms with E-state index in [1.807, 2.05) is 12.1 Å². The van der Waals surface area contributed by atoms with E-state index < -0.39 is 18.5 Å². The highest BCUT2D eigenvalue weighted by atomic mass is 32.1. The Kier molecular flexibility index (Phi) is 6.64. The summed E-state index contributed by atoms with van der Waals surface area (Å²) in [4.78, 5) is 44.1. The Labute approximate surface area is 171 Å². The summed E-state index contributed by atoms with van der Waals surface area (Å²) < 4.78 is 5.02. The second-order valence-corrected chi connectivity index (χ2v) is 6.79. The number of amides is 2. The molecular weight excluding hydrogens is 392 g/mol. The van der Waals surface area contributed by atoms with Crippen LogP contribution in [0.1, 0.15) is 16.1 Å². The number of carbonyl (C=O) groups is 3. The molecule has 3 rings (SSSR count). The van der Waals surface area contributed by atoms with Gasteiger partial charge in [0, 0.05) is 41.6 Å². The number of carbonyl (C=O) groups excluding carboxylic acids is 3. The number of anilines is 1. The molecule has 0 atom stereocenters. The average Bonchev–Trinajstić information content (AvgIpc) is 3.21. The van der Waals surface area contributed by atoms with Gasteiger partial charge in [0.1, 0.15) is 5.01 Å².